The first-order chi connectivity index (χ1) is 7.93. The van der Waals surface area contributed by atoms with Crippen molar-refractivity contribution in [2.45, 2.75) is 29.9 Å². The molecule has 0 bridgehead atoms. The van der Waals surface area contributed by atoms with Gasteiger partial charge in [0.1, 0.15) is 0 Å². The lowest BCUT2D eigenvalue weighted by atomic mass is 10.2. The van der Waals surface area contributed by atoms with E-state index in [9.17, 15) is 13.2 Å². The van der Waals surface area contributed by atoms with Crippen molar-refractivity contribution >= 4 is 15.8 Å². The molecule has 0 heterocycles. The van der Waals surface area contributed by atoms with Gasteiger partial charge in [0.2, 0.25) is 0 Å². The molecule has 1 unspecified atom stereocenters. The summed E-state index contributed by atoms with van der Waals surface area (Å²) in [5, 5.41) is 7.77. The maximum Gasteiger partial charge on any atom is 0.322 e. The Morgan fingerprint density at radius 2 is 1.82 bits per heavy atom. The Bertz CT molecular complexity index is 526. The summed E-state index contributed by atoms with van der Waals surface area (Å²) in [4.78, 5) is 11.2. The Hall–Kier alpha value is -1.36. The van der Waals surface area contributed by atoms with Crippen molar-refractivity contribution in [3.8, 4) is 0 Å². The van der Waals surface area contributed by atoms with Crippen LogP contribution in [0.5, 0.6) is 0 Å². The minimum absolute atomic E-state index is 0.0994. The molecule has 5 heteroatoms. The van der Waals surface area contributed by atoms with Crippen molar-refractivity contribution in [3.05, 3.63) is 29.8 Å². The van der Waals surface area contributed by atoms with Gasteiger partial charge in [-0.05, 0) is 37.8 Å². The summed E-state index contributed by atoms with van der Waals surface area (Å²) in [6, 6.07) is 6.31. The Balaban J connectivity index is 2.40. The number of carboxylic acid groups (broad SMARTS) is 1. The van der Waals surface area contributed by atoms with Gasteiger partial charge in [-0.2, -0.15) is 0 Å². The molecular formula is C12H14O4S. The Morgan fingerprint density at radius 3 is 2.24 bits per heavy atom. The molecule has 17 heavy (non-hydrogen) atoms. The molecule has 1 aliphatic carbocycles. The average molecular weight is 254 g/mol. The number of carboxylic acids is 1. The third-order valence-corrected chi connectivity index (χ3v) is 5.16. The van der Waals surface area contributed by atoms with E-state index in [1.54, 1.807) is 12.1 Å². The number of aliphatic carboxylic acids is 1. The van der Waals surface area contributed by atoms with Crippen LogP contribution in [0.3, 0.4) is 0 Å². The van der Waals surface area contributed by atoms with Crippen molar-refractivity contribution < 1.29 is 18.3 Å². The van der Waals surface area contributed by atoms with Crippen molar-refractivity contribution in [1.82, 2.24) is 0 Å². The lowest BCUT2D eigenvalue weighted by molar-refractivity contribution is -0.136. The third kappa shape index (κ3) is 2.34. The summed E-state index contributed by atoms with van der Waals surface area (Å²) < 4.78 is 24.4. The highest BCUT2D eigenvalue weighted by atomic mass is 32.2. The molecule has 0 spiro atoms. The molecule has 1 atom stereocenters. The van der Waals surface area contributed by atoms with E-state index in [1.165, 1.54) is 12.1 Å². The van der Waals surface area contributed by atoms with Gasteiger partial charge in [0.05, 0.1) is 4.90 Å². The zero-order valence-corrected chi connectivity index (χ0v) is 10.3. The van der Waals surface area contributed by atoms with Gasteiger partial charge in [0, 0.05) is 0 Å². The number of hydrogen-bond acceptors (Lipinski definition) is 3. The number of aryl methyl sites for hydroxylation is 1. The molecule has 1 aromatic rings. The summed E-state index contributed by atoms with van der Waals surface area (Å²) in [7, 11) is -3.75. The quantitative estimate of drug-likeness (QED) is 0.886. The van der Waals surface area contributed by atoms with E-state index in [0.29, 0.717) is 12.8 Å². The number of benzene rings is 1. The first kappa shape index (κ1) is 12.1. The second-order valence-corrected chi connectivity index (χ2v) is 6.52. The molecule has 1 saturated carbocycles. The Labute approximate surface area is 100 Å². The van der Waals surface area contributed by atoms with Crippen LogP contribution in [0, 0.1) is 12.8 Å². The van der Waals surface area contributed by atoms with Crippen LogP contribution < -0.4 is 0 Å². The zero-order chi connectivity index (χ0) is 12.6. The first-order valence-corrected chi connectivity index (χ1v) is 7.01. The predicted octanol–water partition coefficient (Wildman–Crippen LogP) is 1.63. The highest BCUT2D eigenvalue weighted by Gasteiger charge is 2.45. The lowest BCUT2D eigenvalue weighted by Gasteiger charge is -2.12. The van der Waals surface area contributed by atoms with Gasteiger partial charge in [-0.15, -0.1) is 0 Å². The summed E-state index contributed by atoms with van der Waals surface area (Å²) in [6.07, 6.45) is 1.37. The summed E-state index contributed by atoms with van der Waals surface area (Å²) in [5.74, 6) is -1.47. The normalized spacial score (nSPS) is 17.7. The summed E-state index contributed by atoms with van der Waals surface area (Å²) >= 11 is 0. The highest BCUT2D eigenvalue weighted by Crippen LogP contribution is 2.38. The van der Waals surface area contributed by atoms with E-state index in [0.717, 1.165) is 5.56 Å². The average Bonchev–Trinajstić information content (AvgIpc) is 3.01. The van der Waals surface area contributed by atoms with Crippen molar-refractivity contribution in [3.63, 3.8) is 0 Å². The van der Waals surface area contributed by atoms with E-state index >= 15 is 0 Å². The number of carbonyl (C=O) groups is 1. The molecule has 1 aromatic carbocycles. The first-order valence-electron chi connectivity index (χ1n) is 5.46. The van der Waals surface area contributed by atoms with Crippen LogP contribution in [-0.2, 0) is 14.6 Å². The van der Waals surface area contributed by atoms with Crippen LogP contribution in [0.4, 0.5) is 0 Å². The second kappa shape index (κ2) is 4.14. The van der Waals surface area contributed by atoms with Gasteiger partial charge in [-0.1, -0.05) is 17.7 Å². The van der Waals surface area contributed by atoms with Crippen LogP contribution in [0.25, 0.3) is 0 Å². The van der Waals surface area contributed by atoms with E-state index in [-0.39, 0.29) is 10.8 Å². The highest BCUT2D eigenvalue weighted by molar-refractivity contribution is 7.92. The summed E-state index contributed by atoms with van der Waals surface area (Å²) in [6.45, 7) is 1.85. The van der Waals surface area contributed by atoms with Gasteiger partial charge in [0.25, 0.3) is 0 Å². The molecule has 1 N–H and O–H groups in total. The lowest BCUT2D eigenvalue weighted by Crippen LogP contribution is -2.32. The minimum atomic E-state index is -3.75. The molecular weight excluding hydrogens is 240 g/mol. The molecule has 0 aromatic heterocycles. The van der Waals surface area contributed by atoms with E-state index in [4.69, 9.17) is 5.11 Å². The van der Waals surface area contributed by atoms with Gasteiger partial charge >= 0.3 is 5.97 Å². The van der Waals surface area contributed by atoms with E-state index in [1.807, 2.05) is 6.92 Å². The maximum atomic E-state index is 12.2. The van der Waals surface area contributed by atoms with Crippen molar-refractivity contribution in [1.29, 1.82) is 0 Å². The molecule has 92 valence electrons. The van der Waals surface area contributed by atoms with Gasteiger partial charge in [-0.3, -0.25) is 4.79 Å². The molecule has 0 saturated heterocycles. The van der Waals surface area contributed by atoms with Crippen molar-refractivity contribution in [2.24, 2.45) is 5.92 Å². The number of hydrogen-bond donors (Lipinski definition) is 1. The SMILES string of the molecule is Cc1ccc(S(=O)(=O)C(C(=O)O)C2CC2)cc1. The van der Waals surface area contributed by atoms with Crippen LogP contribution in [0.1, 0.15) is 18.4 Å². The van der Waals surface area contributed by atoms with E-state index < -0.39 is 21.1 Å². The van der Waals surface area contributed by atoms with Crippen molar-refractivity contribution in [2.75, 3.05) is 0 Å². The smallest absolute Gasteiger partial charge is 0.322 e. The number of sulfone groups is 1. The van der Waals surface area contributed by atoms with Crippen LogP contribution >= 0.6 is 0 Å². The monoisotopic (exact) mass is 254 g/mol. The maximum absolute atomic E-state index is 12.2. The largest absolute Gasteiger partial charge is 0.480 e. The molecule has 0 amide bonds. The van der Waals surface area contributed by atoms with Crippen LogP contribution in [0.2, 0.25) is 0 Å². The van der Waals surface area contributed by atoms with E-state index in [2.05, 4.69) is 0 Å². The molecule has 0 radical (unpaired) electrons. The predicted molar refractivity (Wildman–Crippen MR) is 62.5 cm³/mol. The Kier molecular flexibility index (Phi) is 2.95. The van der Waals surface area contributed by atoms with Gasteiger partial charge < -0.3 is 5.11 Å². The fourth-order valence-electron chi connectivity index (χ4n) is 1.86. The summed E-state index contributed by atoms with van der Waals surface area (Å²) in [5.41, 5.74) is 0.947. The molecule has 1 aliphatic rings. The zero-order valence-electron chi connectivity index (χ0n) is 9.46. The fourth-order valence-corrected chi connectivity index (χ4v) is 3.71. The topological polar surface area (TPSA) is 71.4 Å². The molecule has 1 fully saturated rings. The second-order valence-electron chi connectivity index (χ2n) is 4.45. The minimum Gasteiger partial charge on any atom is -0.480 e. The molecule has 4 nitrogen and oxygen atoms in total. The Morgan fingerprint density at radius 1 is 1.29 bits per heavy atom. The van der Waals surface area contributed by atoms with Gasteiger partial charge in [-0.25, -0.2) is 8.42 Å². The third-order valence-electron chi connectivity index (χ3n) is 2.98. The fraction of sp³-hybridized carbons (Fsp3) is 0.417. The van der Waals surface area contributed by atoms with Gasteiger partial charge in [0.15, 0.2) is 15.1 Å². The molecule has 2 rings (SSSR count). The van der Waals surface area contributed by atoms with Crippen LogP contribution in [0.15, 0.2) is 29.2 Å². The number of rotatable bonds is 4. The van der Waals surface area contributed by atoms with Crippen LogP contribution in [-0.4, -0.2) is 24.7 Å². The molecule has 0 aliphatic heterocycles. The standard InChI is InChI=1S/C12H14O4S/c1-8-2-6-10(7-3-8)17(15,16)11(12(13)14)9-4-5-9/h2-3,6-7,9,11H,4-5H2,1H3,(H,13,14).